The molecule has 6 nitrogen and oxygen atoms in total. The van der Waals surface area contributed by atoms with E-state index >= 15 is 0 Å². The third kappa shape index (κ3) is 3.51. The maximum atomic E-state index is 12.4. The topological polar surface area (TPSA) is 86.2 Å². The van der Waals surface area contributed by atoms with Crippen molar-refractivity contribution < 1.29 is 8.83 Å². The molecule has 0 bridgehead atoms. The molecule has 0 saturated heterocycles. The van der Waals surface area contributed by atoms with Crippen molar-refractivity contribution in [1.82, 2.24) is 9.97 Å². The summed E-state index contributed by atoms with van der Waals surface area (Å²) in [6, 6.07) is 10.8. The third-order valence-corrected chi connectivity index (χ3v) is 5.56. The second-order valence-electron chi connectivity index (χ2n) is 5.96. The molecule has 2 aromatic carbocycles. The molecule has 0 aliphatic heterocycles. The van der Waals surface area contributed by atoms with Gasteiger partial charge in [0.25, 0.3) is 0 Å². The highest BCUT2D eigenvalue weighted by Gasteiger charge is 2.24. The molecule has 0 fully saturated rings. The smallest absolute Gasteiger partial charge is 0.346 e. The summed E-state index contributed by atoms with van der Waals surface area (Å²) in [6.07, 6.45) is 0.512. The normalized spacial score (nSPS) is 11.6. The van der Waals surface area contributed by atoms with Crippen LogP contribution >= 0.6 is 45.2 Å². The van der Waals surface area contributed by atoms with Gasteiger partial charge in [0.1, 0.15) is 5.92 Å². The Hall–Kier alpha value is -1.82. The molecule has 0 saturated carbocycles. The van der Waals surface area contributed by atoms with Crippen LogP contribution in [-0.4, -0.2) is 9.97 Å². The predicted molar refractivity (Wildman–Crippen MR) is 118 cm³/mol. The van der Waals surface area contributed by atoms with Crippen molar-refractivity contribution in [2.75, 3.05) is 0 Å². The number of fused-ring (bicyclic) bond motifs is 2. The van der Waals surface area contributed by atoms with Gasteiger partial charge in [-0.25, -0.2) is 19.6 Å². The first-order chi connectivity index (χ1) is 13.0. The molecule has 0 radical (unpaired) electrons. The predicted octanol–water partition coefficient (Wildman–Crippen LogP) is 4.44. The van der Waals surface area contributed by atoms with Crippen LogP contribution in [0.1, 0.15) is 31.0 Å². The van der Waals surface area contributed by atoms with Crippen LogP contribution in [0.4, 0.5) is 0 Å². The molecule has 4 rings (SSSR count). The first kappa shape index (κ1) is 18.5. The van der Waals surface area contributed by atoms with Crippen LogP contribution in [0.3, 0.4) is 0 Å². The molecule has 0 amide bonds. The first-order valence-electron chi connectivity index (χ1n) is 8.17. The van der Waals surface area contributed by atoms with E-state index in [-0.39, 0.29) is 11.8 Å². The zero-order chi connectivity index (χ0) is 19.1. The second-order valence-corrected chi connectivity index (χ2v) is 8.45. The molecule has 4 aromatic rings. The van der Waals surface area contributed by atoms with Gasteiger partial charge >= 0.3 is 11.3 Å². The fourth-order valence-electron chi connectivity index (χ4n) is 2.87. The highest BCUT2D eigenvalue weighted by Crippen LogP contribution is 2.26. The van der Waals surface area contributed by atoms with E-state index in [0.29, 0.717) is 28.2 Å². The van der Waals surface area contributed by atoms with Gasteiger partial charge in [-0.05, 0) is 88.0 Å². The molecule has 2 aromatic heterocycles. The van der Waals surface area contributed by atoms with Gasteiger partial charge in [0.2, 0.25) is 11.8 Å². The summed E-state index contributed by atoms with van der Waals surface area (Å²) in [5.74, 6) is -0.147. The van der Waals surface area contributed by atoms with Gasteiger partial charge in [0.05, 0.1) is 21.8 Å². The number of nitrogens with zero attached hydrogens (tertiary/aromatic N) is 2. The lowest BCUT2D eigenvalue weighted by Crippen LogP contribution is -2.14. The van der Waals surface area contributed by atoms with Crippen molar-refractivity contribution >= 4 is 67.0 Å². The lowest BCUT2D eigenvalue weighted by Gasteiger charge is -2.12. The molecule has 0 aliphatic carbocycles. The monoisotopic (exact) mass is 586 g/mol. The number of hydrogen-bond donors (Lipinski definition) is 0. The third-order valence-electron chi connectivity index (χ3n) is 4.22. The Kier molecular flexibility index (Phi) is 5.01. The molecular formula is C19H12I2N2O4. The van der Waals surface area contributed by atoms with Gasteiger partial charge in [-0.15, -0.1) is 0 Å². The van der Waals surface area contributed by atoms with Crippen LogP contribution in [0.2, 0.25) is 0 Å². The fraction of sp³-hybridized carbons (Fsp3) is 0.158. The zero-order valence-electron chi connectivity index (χ0n) is 14.0. The van der Waals surface area contributed by atoms with Crippen LogP contribution in [0.5, 0.6) is 0 Å². The van der Waals surface area contributed by atoms with Crippen LogP contribution in [0, 0.1) is 7.14 Å². The van der Waals surface area contributed by atoms with Crippen LogP contribution in [0.25, 0.3) is 21.8 Å². The van der Waals surface area contributed by atoms with E-state index in [2.05, 4.69) is 55.1 Å². The average Bonchev–Trinajstić information content (AvgIpc) is 2.64. The van der Waals surface area contributed by atoms with E-state index in [0.717, 1.165) is 7.14 Å². The Bertz CT molecular complexity index is 1200. The van der Waals surface area contributed by atoms with Crippen molar-refractivity contribution in [3.8, 4) is 0 Å². The number of halogens is 2. The summed E-state index contributed by atoms with van der Waals surface area (Å²) in [7, 11) is 0. The number of hydrogen-bond acceptors (Lipinski definition) is 6. The van der Waals surface area contributed by atoms with Crippen molar-refractivity contribution in [2.24, 2.45) is 0 Å². The summed E-state index contributed by atoms with van der Waals surface area (Å²) >= 11 is 4.26. The minimum Gasteiger partial charge on any atom is -0.407 e. The summed E-state index contributed by atoms with van der Waals surface area (Å²) in [5.41, 5.74) is 0.143. The SMILES string of the molecule is CCC(c1nc2ccc(I)cc2c(=O)o1)c1nc2ccc(I)cc2c(=O)o1. The van der Waals surface area contributed by atoms with E-state index in [1.54, 1.807) is 24.3 Å². The minimum absolute atomic E-state index is 0.191. The lowest BCUT2D eigenvalue weighted by atomic mass is 10.1. The van der Waals surface area contributed by atoms with Crippen LogP contribution in [0.15, 0.2) is 54.8 Å². The van der Waals surface area contributed by atoms with E-state index < -0.39 is 17.2 Å². The van der Waals surface area contributed by atoms with Gasteiger partial charge in [0, 0.05) is 7.14 Å². The zero-order valence-corrected chi connectivity index (χ0v) is 18.3. The maximum absolute atomic E-state index is 12.4. The van der Waals surface area contributed by atoms with E-state index in [4.69, 9.17) is 8.83 Å². The second kappa shape index (κ2) is 7.30. The summed E-state index contributed by atoms with van der Waals surface area (Å²) in [5, 5.41) is 0.839. The highest BCUT2D eigenvalue weighted by molar-refractivity contribution is 14.1. The molecule has 136 valence electrons. The van der Waals surface area contributed by atoms with Crippen molar-refractivity contribution in [2.45, 2.75) is 19.3 Å². The molecule has 0 unspecified atom stereocenters. The Labute approximate surface area is 180 Å². The van der Waals surface area contributed by atoms with Gasteiger partial charge in [-0.1, -0.05) is 6.92 Å². The van der Waals surface area contributed by atoms with Crippen molar-refractivity contribution in [1.29, 1.82) is 0 Å². The quantitative estimate of drug-likeness (QED) is 0.331. The molecule has 0 N–H and O–H groups in total. The Morgan fingerprint density at radius 3 is 1.70 bits per heavy atom. The Morgan fingerprint density at radius 1 is 0.852 bits per heavy atom. The standard InChI is InChI=1S/C19H12I2N2O4/c1-2-11(16-22-14-5-3-9(20)7-12(14)18(24)26-16)17-23-15-6-4-10(21)8-13(15)19(25)27-17/h3-8,11H,2H2,1H3. The van der Waals surface area contributed by atoms with Gasteiger partial charge in [-0.2, -0.15) is 0 Å². The van der Waals surface area contributed by atoms with Crippen molar-refractivity contribution in [3.63, 3.8) is 0 Å². The molecule has 0 aliphatic rings. The summed E-state index contributed by atoms with van der Waals surface area (Å²) < 4.78 is 12.7. The van der Waals surface area contributed by atoms with Crippen LogP contribution in [-0.2, 0) is 0 Å². The average molecular weight is 586 g/mol. The Balaban J connectivity index is 1.90. The molecule has 2 heterocycles. The summed E-state index contributed by atoms with van der Waals surface area (Å²) in [6.45, 7) is 1.89. The van der Waals surface area contributed by atoms with Gasteiger partial charge < -0.3 is 8.83 Å². The van der Waals surface area contributed by atoms with E-state index in [1.165, 1.54) is 0 Å². The Morgan fingerprint density at radius 2 is 1.30 bits per heavy atom. The summed E-state index contributed by atoms with van der Waals surface area (Å²) in [4.78, 5) is 33.7. The molecule has 0 spiro atoms. The van der Waals surface area contributed by atoms with Crippen molar-refractivity contribution in [3.05, 3.63) is 76.2 Å². The number of rotatable bonds is 3. The highest BCUT2D eigenvalue weighted by atomic mass is 127. The molecule has 0 atom stereocenters. The van der Waals surface area contributed by atoms with E-state index in [9.17, 15) is 9.59 Å². The molecule has 27 heavy (non-hydrogen) atoms. The lowest BCUT2D eigenvalue weighted by molar-refractivity contribution is 0.359. The molecule has 8 heteroatoms. The largest absolute Gasteiger partial charge is 0.407 e. The maximum Gasteiger partial charge on any atom is 0.346 e. The fourth-order valence-corrected chi connectivity index (χ4v) is 3.86. The number of aromatic nitrogens is 2. The molecular weight excluding hydrogens is 574 g/mol. The number of benzene rings is 2. The van der Waals surface area contributed by atoms with Gasteiger partial charge in [0.15, 0.2) is 0 Å². The van der Waals surface area contributed by atoms with Gasteiger partial charge in [-0.3, -0.25) is 0 Å². The minimum atomic E-state index is -0.530. The van der Waals surface area contributed by atoms with Crippen LogP contribution < -0.4 is 11.3 Å². The first-order valence-corrected chi connectivity index (χ1v) is 10.3. The van der Waals surface area contributed by atoms with E-state index in [1.807, 2.05) is 19.1 Å².